The molecule has 2 heterocycles. The summed E-state index contributed by atoms with van der Waals surface area (Å²) in [5, 5.41) is 3.85. The SMILES string of the molecule is Cc1ccccc1S(=O)(=O)OC(CNCc1nc2ccccc2o1)(COc1cccc(Cl)c1)N1CCCC1. The van der Waals surface area contributed by atoms with Crippen molar-refractivity contribution < 1.29 is 21.8 Å². The maximum absolute atomic E-state index is 13.7. The molecule has 1 saturated heterocycles. The van der Waals surface area contributed by atoms with Crippen LogP contribution in [0.3, 0.4) is 0 Å². The summed E-state index contributed by atoms with van der Waals surface area (Å²) in [5.41, 5.74) is 0.736. The molecule has 10 heteroatoms. The van der Waals surface area contributed by atoms with Crippen LogP contribution in [0.15, 0.2) is 82.1 Å². The van der Waals surface area contributed by atoms with E-state index < -0.39 is 15.8 Å². The van der Waals surface area contributed by atoms with Gasteiger partial charge in [-0.05, 0) is 61.7 Å². The first-order valence-corrected chi connectivity index (χ1v) is 14.3. The van der Waals surface area contributed by atoms with Gasteiger partial charge in [0.05, 0.1) is 11.4 Å². The van der Waals surface area contributed by atoms with Gasteiger partial charge in [-0.2, -0.15) is 8.42 Å². The lowest BCUT2D eigenvalue weighted by molar-refractivity contribution is -0.0955. The van der Waals surface area contributed by atoms with Crippen molar-refractivity contribution in [2.45, 2.75) is 36.9 Å². The molecule has 4 aromatic rings. The lowest BCUT2D eigenvalue weighted by Crippen LogP contribution is -2.60. The maximum atomic E-state index is 13.7. The van der Waals surface area contributed by atoms with Gasteiger partial charge in [0.2, 0.25) is 5.89 Å². The number of hydrogen-bond donors (Lipinski definition) is 1. The number of rotatable bonds is 11. The molecule has 1 fully saturated rings. The number of nitrogens with one attached hydrogen (secondary N) is 1. The number of ether oxygens (including phenoxy) is 1. The van der Waals surface area contributed by atoms with E-state index in [0.29, 0.717) is 40.9 Å². The molecule has 1 aliphatic rings. The van der Waals surface area contributed by atoms with Crippen molar-refractivity contribution in [1.29, 1.82) is 0 Å². The number of aryl methyl sites for hydroxylation is 1. The summed E-state index contributed by atoms with van der Waals surface area (Å²) in [6, 6.07) is 21.3. The lowest BCUT2D eigenvalue weighted by Gasteiger charge is -2.40. The van der Waals surface area contributed by atoms with Gasteiger partial charge in [0.1, 0.15) is 17.9 Å². The van der Waals surface area contributed by atoms with E-state index in [-0.39, 0.29) is 24.6 Å². The highest BCUT2D eigenvalue weighted by Gasteiger charge is 2.45. The zero-order chi connectivity index (χ0) is 26.6. The van der Waals surface area contributed by atoms with Gasteiger partial charge in [-0.1, -0.05) is 48.0 Å². The monoisotopic (exact) mass is 555 g/mol. The number of nitrogens with zero attached hydrogens (tertiary/aromatic N) is 2. The summed E-state index contributed by atoms with van der Waals surface area (Å²) in [6.07, 6.45) is 1.86. The van der Waals surface area contributed by atoms with E-state index in [4.69, 9.17) is 24.9 Å². The summed E-state index contributed by atoms with van der Waals surface area (Å²) >= 11 is 6.16. The third-order valence-corrected chi connectivity index (χ3v) is 8.35. The fourth-order valence-corrected chi connectivity index (χ4v) is 6.28. The first-order chi connectivity index (χ1) is 18.3. The first-order valence-electron chi connectivity index (χ1n) is 12.5. The number of hydrogen-bond acceptors (Lipinski definition) is 8. The Hall–Kier alpha value is -2.95. The third kappa shape index (κ3) is 6.03. The van der Waals surface area contributed by atoms with Crippen LogP contribution in [0.4, 0.5) is 0 Å². The topological polar surface area (TPSA) is 93.9 Å². The molecule has 0 aliphatic carbocycles. The van der Waals surface area contributed by atoms with Crippen LogP contribution in [-0.2, 0) is 20.8 Å². The highest BCUT2D eigenvalue weighted by molar-refractivity contribution is 7.86. The molecule has 1 aliphatic heterocycles. The molecule has 200 valence electrons. The Morgan fingerprint density at radius 2 is 1.82 bits per heavy atom. The van der Waals surface area contributed by atoms with Crippen molar-refractivity contribution in [2.24, 2.45) is 0 Å². The fourth-order valence-electron chi connectivity index (χ4n) is 4.68. The lowest BCUT2D eigenvalue weighted by atomic mass is 10.2. The number of halogens is 1. The molecule has 1 unspecified atom stereocenters. The second-order valence-electron chi connectivity index (χ2n) is 9.37. The Balaban J connectivity index is 1.45. The minimum absolute atomic E-state index is 0.0426. The van der Waals surface area contributed by atoms with Crippen LogP contribution in [0.2, 0.25) is 5.02 Å². The van der Waals surface area contributed by atoms with Gasteiger partial charge in [0, 0.05) is 24.7 Å². The van der Waals surface area contributed by atoms with Crippen molar-refractivity contribution in [1.82, 2.24) is 15.2 Å². The average molecular weight is 556 g/mol. The molecule has 0 radical (unpaired) electrons. The molecule has 38 heavy (non-hydrogen) atoms. The van der Waals surface area contributed by atoms with E-state index in [2.05, 4.69) is 10.3 Å². The van der Waals surface area contributed by atoms with Crippen molar-refractivity contribution >= 4 is 32.8 Å². The Morgan fingerprint density at radius 3 is 2.58 bits per heavy atom. The Bertz CT molecular complexity index is 1470. The smallest absolute Gasteiger partial charge is 0.299 e. The van der Waals surface area contributed by atoms with E-state index >= 15 is 0 Å². The van der Waals surface area contributed by atoms with E-state index in [0.717, 1.165) is 18.4 Å². The van der Waals surface area contributed by atoms with Crippen molar-refractivity contribution in [3.8, 4) is 5.75 Å². The van der Waals surface area contributed by atoms with Gasteiger partial charge in [-0.15, -0.1) is 0 Å². The van der Waals surface area contributed by atoms with Crippen LogP contribution in [-0.4, -0.2) is 50.3 Å². The van der Waals surface area contributed by atoms with Gasteiger partial charge >= 0.3 is 0 Å². The number of likely N-dealkylation sites (tertiary alicyclic amines) is 1. The highest BCUT2D eigenvalue weighted by atomic mass is 35.5. The quantitative estimate of drug-likeness (QED) is 0.254. The van der Waals surface area contributed by atoms with Crippen LogP contribution in [0.5, 0.6) is 5.75 Å². The highest BCUT2D eigenvalue weighted by Crippen LogP contribution is 2.30. The molecule has 3 aromatic carbocycles. The van der Waals surface area contributed by atoms with Crippen molar-refractivity contribution in [3.05, 3.63) is 89.3 Å². The third-order valence-electron chi connectivity index (χ3n) is 6.59. The summed E-state index contributed by atoms with van der Waals surface area (Å²) < 4.78 is 45.4. The second-order valence-corrected chi connectivity index (χ2v) is 11.3. The molecule has 5 rings (SSSR count). The minimum Gasteiger partial charge on any atom is -0.489 e. The van der Waals surface area contributed by atoms with Gasteiger partial charge in [-0.3, -0.25) is 4.90 Å². The molecule has 0 amide bonds. The van der Waals surface area contributed by atoms with E-state index in [1.54, 1.807) is 55.5 Å². The summed E-state index contributed by atoms with van der Waals surface area (Å²) in [5.74, 6) is 1.02. The fraction of sp³-hybridized carbons (Fsp3) is 0.321. The number of fused-ring (bicyclic) bond motifs is 1. The summed E-state index contributed by atoms with van der Waals surface area (Å²) in [7, 11) is -4.14. The second kappa shape index (κ2) is 11.4. The molecule has 1 N–H and O–H groups in total. The molecular formula is C28H30ClN3O5S. The Kier molecular flexibility index (Phi) is 8.01. The Morgan fingerprint density at radius 1 is 1.05 bits per heavy atom. The van der Waals surface area contributed by atoms with Crippen LogP contribution >= 0.6 is 11.6 Å². The predicted octanol–water partition coefficient (Wildman–Crippen LogP) is 5.16. The summed E-state index contributed by atoms with van der Waals surface area (Å²) in [6.45, 7) is 3.49. The number of para-hydroxylation sites is 2. The predicted molar refractivity (Wildman–Crippen MR) is 146 cm³/mol. The number of oxazole rings is 1. The molecule has 1 aromatic heterocycles. The van der Waals surface area contributed by atoms with Gasteiger partial charge < -0.3 is 14.5 Å². The number of benzene rings is 3. The van der Waals surface area contributed by atoms with Gasteiger partial charge in [0.15, 0.2) is 11.3 Å². The molecule has 0 bridgehead atoms. The largest absolute Gasteiger partial charge is 0.489 e. The van der Waals surface area contributed by atoms with Crippen LogP contribution < -0.4 is 10.1 Å². The first kappa shape index (κ1) is 26.6. The normalized spacial score (nSPS) is 16.1. The summed E-state index contributed by atoms with van der Waals surface area (Å²) in [4.78, 5) is 6.68. The zero-order valence-corrected chi connectivity index (χ0v) is 22.7. The standard InChI is InChI=1S/C28H30ClN3O5S/c1-21-9-2-5-14-26(21)38(33,34)37-28(32-15-6-7-16-32,20-35-23-11-8-10-22(29)17-23)19-30-18-27-31-24-12-3-4-13-25(24)36-27/h2-5,8-14,17,30H,6-7,15-16,18-20H2,1H3. The van der Waals surface area contributed by atoms with Gasteiger partial charge in [-0.25, -0.2) is 9.17 Å². The molecule has 0 saturated carbocycles. The molecule has 0 spiro atoms. The van der Waals surface area contributed by atoms with E-state index in [1.165, 1.54) is 0 Å². The molecular weight excluding hydrogens is 526 g/mol. The molecule has 1 atom stereocenters. The van der Waals surface area contributed by atoms with Crippen molar-refractivity contribution in [3.63, 3.8) is 0 Å². The van der Waals surface area contributed by atoms with E-state index in [9.17, 15) is 8.42 Å². The average Bonchev–Trinajstić information content (AvgIpc) is 3.58. The maximum Gasteiger partial charge on any atom is 0.299 e. The number of aromatic nitrogens is 1. The van der Waals surface area contributed by atoms with Crippen LogP contribution in [0.1, 0.15) is 24.3 Å². The van der Waals surface area contributed by atoms with Crippen LogP contribution in [0.25, 0.3) is 11.1 Å². The zero-order valence-electron chi connectivity index (χ0n) is 21.1. The van der Waals surface area contributed by atoms with Gasteiger partial charge in [0.25, 0.3) is 10.1 Å². The van der Waals surface area contributed by atoms with Crippen LogP contribution in [0, 0.1) is 6.92 Å². The van der Waals surface area contributed by atoms with Crippen molar-refractivity contribution in [2.75, 3.05) is 26.2 Å². The van der Waals surface area contributed by atoms with E-state index in [1.807, 2.05) is 29.2 Å². The molecule has 8 nitrogen and oxygen atoms in total. The Labute approximate surface area is 227 Å². The minimum atomic E-state index is -4.14.